The maximum absolute atomic E-state index is 11.1. The number of aryl methyl sites for hydroxylation is 1. The summed E-state index contributed by atoms with van der Waals surface area (Å²) in [7, 11) is 0. The number of hydrogen-bond acceptors (Lipinski definition) is 1. The van der Waals surface area contributed by atoms with Crippen molar-refractivity contribution in [3.05, 3.63) is 32.9 Å². The Morgan fingerprint density at radius 1 is 1.50 bits per heavy atom. The number of carbonyl (C=O) groups excluding carboxylic acids is 1. The van der Waals surface area contributed by atoms with Crippen molar-refractivity contribution < 1.29 is 4.79 Å². The Morgan fingerprint density at radius 3 is 2.86 bits per heavy atom. The molecule has 74 valence electrons. The molecular formula is C11H12INO. The first-order valence-corrected chi connectivity index (χ1v) is 5.80. The van der Waals surface area contributed by atoms with Crippen molar-refractivity contribution in [2.45, 2.75) is 25.8 Å². The van der Waals surface area contributed by atoms with Crippen LogP contribution in [0.1, 0.15) is 30.0 Å². The van der Waals surface area contributed by atoms with Gasteiger partial charge in [0.05, 0.1) is 6.04 Å². The summed E-state index contributed by atoms with van der Waals surface area (Å²) < 4.78 is 1.27. The molecule has 1 fully saturated rings. The Kier molecular flexibility index (Phi) is 2.76. The van der Waals surface area contributed by atoms with Gasteiger partial charge in [-0.3, -0.25) is 4.79 Å². The molecule has 1 aliphatic heterocycles. The molecule has 0 aromatic heterocycles. The molecule has 0 radical (unpaired) electrons. The molecule has 1 atom stereocenters. The molecule has 0 spiro atoms. The van der Waals surface area contributed by atoms with E-state index < -0.39 is 0 Å². The molecule has 14 heavy (non-hydrogen) atoms. The van der Waals surface area contributed by atoms with E-state index >= 15 is 0 Å². The van der Waals surface area contributed by atoms with Crippen molar-refractivity contribution >= 4 is 28.5 Å². The first-order valence-electron chi connectivity index (χ1n) is 4.72. The zero-order chi connectivity index (χ0) is 10.1. The van der Waals surface area contributed by atoms with Gasteiger partial charge in [-0.15, -0.1) is 0 Å². The Balaban J connectivity index is 2.24. The minimum atomic E-state index is 0.172. The second-order valence-electron chi connectivity index (χ2n) is 3.67. The number of hydrogen-bond donors (Lipinski definition) is 1. The molecule has 0 saturated carbocycles. The van der Waals surface area contributed by atoms with Gasteiger partial charge in [-0.25, -0.2) is 0 Å². The molecule has 1 N–H and O–H groups in total. The van der Waals surface area contributed by atoms with Gasteiger partial charge in [-0.2, -0.15) is 0 Å². The largest absolute Gasteiger partial charge is 0.349 e. The first-order chi connectivity index (χ1) is 6.66. The highest BCUT2D eigenvalue weighted by Crippen LogP contribution is 2.25. The van der Waals surface area contributed by atoms with Crippen molar-refractivity contribution in [3.63, 3.8) is 0 Å². The van der Waals surface area contributed by atoms with Crippen LogP contribution in [0.4, 0.5) is 0 Å². The summed E-state index contributed by atoms with van der Waals surface area (Å²) >= 11 is 2.33. The van der Waals surface area contributed by atoms with Gasteiger partial charge in [0.25, 0.3) is 0 Å². The molecule has 1 saturated heterocycles. The van der Waals surface area contributed by atoms with Crippen molar-refractivity contribution in [3.8, 4) is 0 Å². The van der Waals surface area contributed by atoms with Crippen LogP contribution in [0.15, 0.2) is 18.2 Å². The number of benzene rings is 1. The van der Waals surface area contributed by atoms with Gasteiger partial charge >= 0.3 is 0 Å². The Hall–Kier alpha value is -0.580. The maximum atomic E-state index is 11.1. The molecule has 1 aliphatic rings. The predicted octanol–water partition coefficient (Wildman–Crippen LogP) is 2.55. The van der Waals surface area contributed by atoms with Crippen LogP contribution < -0.4 is 5.32 Å². The number of nitrogens with one attached hydrogen (secondary N) is 1. The summed E-state index contributed by atoms with van der Waals surface area (Å²) in [6.45, 7) is 2.10. The van der Waals surface area contributed by atoms with Gasteiger partial charge in [-0.05, 0) is 53.1 Å². The number of halogens is 1. The maximum Gasteiger partial charge on any atom is 0.220 e. The van der Waals surface area contributed by atoms with E-state index in [2.05, 4.69) is 53.0 Å². The average Bonchev–Trinajstić information content (AvgIpc) is 2.57. The highest BCUT2D eigenvalue weighted by Gasteiger charge is 2.22. The van der Waals surface area contributed by atoms with Crippen LogP contribution in [0.5, 0.6) is 0 Å². The zero-order valence-electron chi connectivity index (χ0n) is 8.01. The number of carbonyl (C=O) groups is 1. The molecule has 1 amide bonds. The van der Waals surface area contributed by atoms with Gasteiger partial charge in [0.15, 0.2) is 0 Å². The average molecular weight is 301 g/mol. The summed E-state index contributed by atoms with van der Waals surface area (Å²) in [4.78, 5) is 11.1. The third kappa shape index (κ3) is 1.92. The summed E-state index contributed by atoms with van der Waals surface area (Å²) in [5.74, 6) is 0.172. The molecule has 2 nitrogen and oxygen atoms in total. The van der Waals surface area contributed by atoms with Crippen LogP contribution in [-0.2, 0) is 4.79 Å². The lowest BCUT2D eigenvalue weighted by Crippen LogP contribution is -2.18. The normalized spacial score (nSPS) is 21.0. The monoisotopic (exact) mass is 301 g/mol. The van der Waals surface area contributed by atoms with Crippen LogP contribution in [0, 0.1) is 10.5 Å². The van der Waals surface area contributed by atoms with Gasteiger partial charge in [0.1, 0.15) is 0 Å². The molecule has 3 heteroatoms. The third-order valence-electron chi connectivity index (χ3n) is 2.59. The summed E-state index contributed by atoms with van der Waals surface area (Å²) in [6, 6.07) is 6.61. The van der Waals surface area contributed by atoms with Crippen LogP contribution in [-0.4, -0.2) is 5.91 Å². The fraction of sp³-hybridized carbons (Fsp3) is 0.364. The van der Waals surface area contributed by atoms with Gasteiger partial charge < -0.3 is 5.32 Å². The zero-order valence-corrected chi connectivity index (χ0v) is 10.2. The van der Waals surface area contributed by atoms with Crippen LogP contribution in [0.2, 0.25) is 0 Å². The molecule has 1 aromatic rings. The second kappa shape index (κ2) is 3.88. The van der Waals surface area contributed by atoms with Crippen molar-refractivity contribution in [1.29, 1.82) is 0 Å². The van der Waals surface area contributed by atoms with Crippen molar-refractivity contribution in [2.75, 3.05) is 0 Å². The SMILES string of the molecule is Cc1ccc(C2CCC(=O)N2)cc1I. The molecular weight excluding hydrogens is 289 g/mol. The van der Waals surface area contributed by atoms with Crippen molar-refractivity contribution in [1.82, 2.24) is 5.32 Å². The van der Waals surface area contributed by atoms with Gasteiger partial charge in [-0.1, -0.05) is 12.1 Å². The lowest BCUT2D eigenvalue weighted by molar-refractivity contribution is -0.119. The van der Waals surface area contributed by atoms with E-state index in [0.29, 0.717) is 6.42 Å². The highest BCUT2D eigenvalue weighted by atomic mass is 127. The summed E-state index contributed by atoms with van der Waals surface area (Å²) in [6.07, 6.45) is 1.59. The minimum Gasteiger partial charge on any atom is -0.349 e. The highest BCUT2D eigenvalue weighted by molar-refractivity contribution is 14.1. The van der Waals surface area contributed by atoms with E-state index in [-0.39, 0.29) is 11.9 Å². The topological polar surface area (TPSA) is 29.1 Å². The number of rotatable bonds is 1. The predicted molar refractivity (Wildman–Crippen MR) is 64.0 cm³/mol. The molecule has 1 aromatic carbocycles. The van der Waals surface area contributed by atoms with E-state index in [9.17, 15) is 4.79 Å². The summed E-state index contributed by atoms with van der Waals surface area (Å²) in [5.41, 5.74) is 2.52. The fourth-order valence-electron chi connectivity index (χ4n) is 1.69. The van der Waals surface area contributed by atoms with Crippen molar-refractivity contribution in [2.24, 2.45) is 0 Å². The molecule has 1 heterocycles. The first kappa shape index (κ1) is 9.96. The quantitative estimate of drug-likeness (QED) is 0.794. The second-order valence-corrected chi connectivity index (χ2v) is 4.83. The smallest absolute Gasteiger partial charge is 0.220 e. The standard InChI is InChI=1S/C11H12INO/c1-7-2-3-8(6-9(7)12)10-4-5-11(14)13-10/h2-3,6,10H,4-5H2,1H3,(H,13,14). The lowest BCUT2D eigenvalue weighted by atomic mass is 10.0. The molecule has 0 bridgehead atoms. The van der Waals surface area contributed by atoms with Crippen LogP contribution >= 0.6 is 22.6 Å². The minimum absolute atomic E-state index is 0.172. The Bertz CT molecular complexity index is 376. The van der Waals surface area contributed by atoms with Gasteiger partial charge in [0.2, 0.25) is 5.91 Å². The summed E-state index contributed by atoms with van der Waals surface area (Å²) in [5, 5.41) is 2.97. The lowest BCUT2D eigenvalue weighted by Gasteiger charge is -2.11. The number of amides is 1. The van der Waals surface area contributed by atoms with Crippen LogP contribution in [0.3, 0.4) is 0 Å². The van der Waals surface area contributed by atoms with E-state index in [1.54, 1.807) is 0 Å². The molecule has 0 aliphatic carbocycles. The van der Waals surface area contributed by atoms with E-state index in [1.807, 2.05) is 0 Å². The Labute approximate surface area is 97.2 Å². The van der Waals surface area contributed by atoms with Crippen LogP contribution in [0.25, 0.3) is 0 Å². The Morgan fingerprint density at radius 2 is 2.29 bits per heavy atom. The van der Waals surface area contributed by atoms with E-state index in [0.717, 1.165) is 6.42 Å². The van der Waals surface area contributed by atoms with E-state index in [1.165, 1.54) is 14.7 Å². The third-order valence-corrected chi connectivity index (χ3v) is 3.76. The fourth-order valence-corrected chi connectivity index (χ4v) is 2.23. The van der Waals surface area contributed by atoms with Gasteiger partial charge in [0, 0.05) is 9.99 Å². The van der Waals surface area contributed by atoms with E-state index in [4.69, 9.17) is 0 Å². The molecule has 1 unspecified atom stereocenters. The molecule has 2 rings (SSSR count).